The van der Waals surface area contributed by atoms with Gasteiger partial charge in [0, 0.05) is 17.6 Å². The number of anilines is 1. The zero-order valence-corrected chi connectivity index (χ0v) is 19.0. The van der Waals surface area contributed by atoms with E-state index in [1.54, 1.807) is 29.2 Å². The molecule has 0 saturated heterocycles. The molecule has 168 valence electrons. The third-order valence-electron chi connectivity index (χ3n) is 5.23. The number of fused-ring (bicyclic) bond motifs is 1. The molecule has 0 bridgehead atoms. The highest BCUT2D eigenvalue weighted by atomic mass is 19.1. The minimum atomic E-state index is -0.307. The number of unbranched alkanes of at least 4 members (excludes halogenated alkanes) is 3. The van der Waals surface area contributed by atoms with Crippen LogP contribution in [0.5, 0.6) is 0 Å². The summed E-state index contributed by atoms with van der Waals surface area (Å²) in [5.74, 6) is 0.754. The molecule has 3 aromatic rings. The van der Waals surface area contributed by atoms with Crippen LogP contribution in [-0.2, 0) is 0 Å². The lowest BCUT2D eigenvalue weighted by molar-refractivity contribution is 0.627. The van der Waals surface area contributed by atoms with Crippen molar-refractivity contribution in [2.75, 3.05) is 5.32 Å². The van der Waals surface area contributed by atoms with Crippen LogP contribution in [0.2, 0.25) is 0 Å². The van der Waals surface area contributed by atoms with E-state index in [1.807, 2.05) is 19.1 Å². The van der Waals surface area contributed by atoms with Gasteiger partial charge in [-0.3, -0.25) is 4.99 Å². The summed E-state index contributed by atoms with van der Waals surface area (Å²) in [4.78, 5) is 14.1. The molecule has 1 aromatic carbocycles. The van der Waals surface area contributed by atoms with Crippen molar-refractivity contribution in [2.24, 2.45) is 4.99 Å². The Bertz CT molecular complexity index is 1290. The van der Waals surface area contributed by atoms with Gasteiger partial charge in [0.25, 0.3) is 0 Å². The minimum absolute atomic E-state index is 0.307. The molecule has 0 unspecified atom stereocenters. The van der Waals surface area contributed by atoms with E-state index in [9.17, 15) is 4.39 Å². The van der Waals surface area contributed by atoms with E-state index in [0.29, 0.717) is 28.5 Å². The summed E-state index contributed by atoms with van der Waals surface area (Å²) >= 11 is 0. The number of aromatic nitrogens is 4. The van der Waals surface area contributed by atoms with Crippen molar-refractivity contribution in [3.63, 3.8) is 0 Å². The third-order valence-corrected chi connectivity index (χ3v) is 5.23. The molecule has 0 spiro atoms. The molecule has 0 aliphatic carbocycles. The van der Waals surface area contributed by atoms with Gasteiger partial charge < -0.3 is 5.32 Å². The maximum atomic E-state index is 13.4. The zero-order chi connectivity index (χ0) is 23.2. The molecule has 0 fully saturated rings. The van der Waals surface area contributed by atoms with Crippen LogP contribution >= 0.6 is 0 Å². The number of hydrogen-bond acceptors (Lipinski definition) is 5. The van der Waals surface area contributed by atoms with E-state index in [-0.39, 0.29) is 5.82 Å². The third kappa shape index (κ3) is 5.33. The zero-order valence-electron chi connectivity index (χ0n) is 19.0. The van der Waals surface area contributed by atoms with Crippen LogP contribution in [0.25, 0.3) is 22.3 Å². The van der Waals surface area contributed by atoms with Crippen LogP contribution in [0.1, 0.15) is 51.8 Å². The van der Waals surface area contributed by atoms with Crippen molar-refractivity contribution in [1.82, 2.24) is 19.7 Å². The number of halogens is 1. The number of nitrogens with zero attached hydrogens (tertiary/aromatic N) is 5. The Morgan fingerprint density at radius 2 is 1.97 bits per heavy atom. The molecule has 0 saturated carbocycles. The van der Waals surface area contributed by atoms with Gasteiger partial charge in [0.05, 0.1) is 22.8 Å². The predicted molar refractivity (Wildman–Crippen MR) is 132 cm³/mol. The summed E-state index contributed by atoms with van der Waals surface area (Å²) in [5, 5.41) is 8.40. The fraction of sp³-hybridized carbons (Fsp3) is 0.269. The molecule has 0 radical (unpaired) electrons. The topological polar surface area (TPSA) is 68.0 Å². The van der Waals surface area contributed by atoms with Crippen molar-refractivity contribution in [2.45, 2.75) is 46.0 Å². The van der Waals surface area contributed by atoms with Crippen LogP contribution in [0.15, 0.2) is 71.3 Å². The lowest BCUT2D eigenvalue weighted by Crippen LogP contribution is -2.05. The molecule has 6 nitrogen and oxygen atoms in total. The highest BCUT2D eigenvalue weighted by Crippen LogP contribution is 2.26. The number of allylic oxidation sites excluding steroid dienone is 4. The maximum absolute atomic E-state index is 13.4. The lowest BCUT2D eigenvalue weighted by Gasteiger charge is -2.09. The van der Waals surface area contributed by atoms with Gasteiger partial charge in [0.2, 0.25) is 0 Å². The second-order valence-electron chi connectivity index (χ2n) is 8.02. The van der Waals surface area contributed by atoms with Gasteiger partial charge in [-0.05, 0) is 56.2 Å². The highest BCUT2D eigenvalue weighted by Gasteiger charge is 2.16. The van der Waals surface area contributed by atoms with Crippen molar-refractivity contribution in [1.29, 1.82) is 0 Å². The van der Waals surface area contributed by atoms with E-state index in [0.717, 1.165) is 29.6 Å². The van der Waals surface area contributed by atoms with E-state index in [4.69, 9.17) is 9.97 Å². The van der Waals surface area contributed by atoms with Crippen LogP contribution in [0.3, 0.4) is 0 Å². The number of hydrogen-bond donors (Lipinski definition) is 1. The second-order valence-corrected chi connectivity index (χ2v) is 8.02. The minimum Gasteiger partial charge on any atom is -0.344 e. The van der Waals surface area contributed by atoms with Gasteiger partial charge in [0.1, 0.15) is 11.6 Å². The molecule has 0 amide bonds. The van der Waals surface area contributed by atoms with Gasteiger partial charge in [-0.1, -0.05) is 32.8 Å². The predicted octanol–water partition coefficient (Wildman–Crippen LogP) is 6.38. The molecule has 33 heavy (non-hydrogen) atoms. The van der Waals surface area contributed by atoms with Crippen LogP contribution in [0, 0.1) is 5.82 Å². The summed E-state index contributed by atoms with van der Waals surface area (Å²) in [6, 6.07) is 6.12. The lowest BCUT2D eigenvalue weighted by atomic mass is 10.1. The summed E-state index contributed by atoms with van der Waals surface area (Å²) in [6.07, 6.45) is 13.0. The maximum Gasteiger partial charge on any atom is 0.173 e. The van der Waals surface area contributed by atoms with Gasteiger partial charge >= 0.3 is 0 Å². The molecule has 1 aliphatic rings. The van der Waals surface area contributed by atoms with Gasteiger partial charge in [-0.15, -0.1) is 5.73 Å². The van der Waals surface area contributed by atoms with Crippen LogP contribution < -0.4 is 5.32 Å². The Hall–Kier alpha value is -3.83. The molecular formula is C26H27FN6. The number of rotatable bonds is 9. The first kappa shape index (κ1) is 22.4. The first-order valence-electron chi connectivity index (χ1n) is 11.2. The van der Waals surface area contributed by atoms with E-state index < -0.39 is 0 Å². The van der Waals surface area contributed by atoms with E-state index in [2.05, 4.69) is 34.6 Å². The summed E-state index contributed by atoms with van der Waals surface area (Å²) in [6.45, 7) is 8.00. The highest BCUT2D eigenvalue weighted by molar-refractivity contribution is 6.09. The fourth-order valence-electron chi connectivity index (χ4n) is 3.56. The smallest absolute Gasteiger partial charge is 0.173 e. The SMILES string of the molecule is C=C(C)Nc1nc(C2=C=CC=C(CCCCCC)N=C2)nc2c1cnn2-c1ccc(F)cc1. The Kier molecular flexibility index (Phi) is 6.91. The van der Waals surface area contributed by atoms with Gasteiger partial charge in [0.15, 0.2) is 11.5 Å². The first-order chi connectivity index (χ1) is 16.0. The Balaban J connectivity index is 1.71. The molecule has 1 aliphatic heterocycles. The Morgan fingerprint density at radius 1 is 1.15 bits per heavy atom. The van der Waals surface area contributed by atoms with Crippen molar-refractivity contribution in [3.05, 3.63) is 78.0 Å². The Morgan fingerprint density at radius 3 is 2.73 bits per heavy atom. The van der Waals surface area contributed by atoms with Crippen molar-refractivity contribution < 1.29 is 4.39 Å². The first-order valence-corrected chi connectivity index (χ1v) is 11.2. The number of nitrogens with one attached hydrogen (secondary N) is 1. The molecule has 3 heterocycles. The van der Waals surface area contributed by atoms with Gasteiger partial charge in [-0.25, -0.2) is 19.0 Å². The normalized spacial score (nSPS) is 13.1. The average Bonchev–Trinajstić information content (AvgIpc) is 3.08. The molecular weight excluding hydrogens is 415 g/mol. The molecule has 0 atom stereocenters. The molecule has 2 aromatic heterocycles. The number of benzene rings is 1. The molecule has 7 heteroatoms. The van der Waals surface area contributed by atoms with E-state index in [1.165, 1.54) is 31.4 Å². The monoisotopic (exact) mass is 442 g/mol. The largest absolute Gasteiger partial charge is 0.344 e. The second kappa shape index (κ2) is 10.2. The van der Waals surface area contributed by atoms with Crippen LogP contribution in [-0.4, -0.2) is 26.0 Å². The van der Waals surface area contributed by atoms with Crippen molar-refractivity contribution >= 4 is 28.6 Å². The molecule has 1 N–H and O–H groups in total. The summed E-state index contributed by atoms with van der Waals surface area (Å²) in [7, 11) is 0. The number of aliphatic imine (C=N–C) groups is 1. The fourth-order valence-corrected chi connectivity index (χ4v) is 3.56. The van der Waals surface area contributed by atoms with E-state index >= 15 is 0 Å². The van der Waals surface area contributed by atoms with Crippen LogP contribution in [0.4, 0.5) is 10.2 Å². The summed E-state index contributed by atoms with van der Waals surface area (Å²) in [5.41, 5.74) is 6.97. The molecule has 4 rings (SSSR count). The average molecular weight is 443 g/mol. The quantitative estimate of drug-likeness (QED) is 0.308. The standard InChI is InChI=1S/C26H27FN6/c1-4-5-6-7-10-21-11-8-9-19(16-28-21)24-31-25(30-18(2)3)23-17-29-33(26(23)32-24)22-14-12-20(27)13-15-22/h8,11-17H,2,4-7,10H2,1,3H3,(H,30,31,32). The summed E-state index contributed by atoms with van der Waals surface area (Å²) < 4.78 is 15.1. The van der Waals surface area contributed by atoms with Crippen molar-refractivity contribution in [3.8, 4) is 5.69 Å². The Labute approximate surface area is 193 Å². The van der Waals surface area contributed by atoms with Gasteiger partial charge in [-0.2, -0.15) is 5.10 Å².